The Morgan fingerprint density at radius 2 is 1.91 bits per heavy atom. The first-order valence-electron chi connectivity index (χ1n) is 10.5. The molecule has 1 aromatic carbocycles. The summed E-state index contributed by atoms with van der Waals surface area (Å²) in [5.41, 5.74) is 1.45. The summed E-state index contributed by atoms with van der Waals surface area (Å²) in [6.07, 6.45) is 8.06. The molecule has 0 spiro atoms. The number of ether oxygens (including phenoxy) is 1. The largest absolute Gasteiger partial charge is 0.418 e. The van der Waals surface area contributed by atoms with Crippen molar-refractivity contribution in [3.05, 3.63) is 60.2 Å². The summed E-state index contributed by atoms with van der Waals surface area (Å²) < 4.78 is 19.3. The van der Waals surface area contributed by atoms with Crippen LogP contribution in [0, 0.1) is 5.82 Å². The van der Waals surface area contributed by atoms with E-state index < -0.39 is 11.9 Å². The number of anilines is 3. The molecule has 0 atom stereocenters. The van der Waals surface area contributed by atoms with Gasteiger partial charge >= 0.3 is 6.09 Å². The van der Waals surface area contributed by atoms with Gasteiger partial charge in [0.25, 0.3) is 11.8 Å². The minimum Gasteiger partial charge on any atom is -0.387 e. The van der Waals surface area contributed by atoms with Gasteiger partial charge in [0, 0.05) is 19.0 Å². The lowest BCUT2D eigenvalue weighted by atomic mass is 10.1. The number of likely N-dealkylation sites (tertiary alicyclic amines) is 1. The van der Waals surface area contributed by atoms with E-state index in [1.807, 2.05) is 0 Å². The number of amides is 2. The van der Waals surface area contributed by atoms with Crippen LogP contribution in [0.15, 0.2) is 43.1 Å². The molecule has 11 heteroatoms. The zero-order valence-electron chi connectivity index (χ0n) is 17.5. The summed E-state index contributed by atoms with van der Waals surface area (Å²) in [7, 11) is 0. The molecule has 1 aliphatic heterocycles. The number of benzene rings is 1. The van der Waals surface area contributed by atoms with E-state index in [0.29, 0.717) is 24.5 Å². The van der Waals surface area contributed by atoms with Crippen molar-refractivity contribution in [2.24, 2.45) is 0 Å². The first-order chi connectivity index (χ1) is 16.1. The smallest absolute Gasteiger partial charge is 0.387 e. The summed E-state index contributed by atoms with van der Waals surface area (Å²) in [6.45, 7) is 1.25. The van der Waals surface area contributed by atoms with Crippen molar-refractivity contribution in [2.45, 2.75) is 25.2 Å². The van der Waals surface area contributed by atoms with Crippen LogP contribution in [-0.2, 0) is 0 Å². The Morgan fingerprint density at radius 3 is 2.61 bits per heavy atom. The van der Waals surface area contributed by atoms with E-state index in [1.165, 1.54) is 30.9 Å². The first kappa shape index (κ1) is 20.7. The van der Waals surface area contributed by atoms with Crippen LogP contribution in [0.3, 0.4) is 0 Å². The third kappa shape index (κ3) is 4.71. The maximum atomic E-state index is 13.9. The van der Waals surface area contributed by atoms with Gasteiger partial charge in [0.05, 0.1) is 41.2 Å². The van der Waals surface area contributed by atoms with Crippen molar-refractivity contribution in [3.63, 3.8) is 0 Å². The number of aromatic nitrogens is 4. The quantitative estimate of drug-likeness (QED) is 0.587. The molecule has 1 aliphatic carbocycles. The van der Waals surface area contributed by atoms with Gasteiger partial charge in [-0.1, -0.05) is 0 Å². The maximum Gasteiger partial charge on any atom is 0.418 e. The Kier molecular flexibility index (Phi) is 5.51. The van der Waals surface area contributed by atoms with E-state index in [9.17, 15) is 14.0 Å². The van der Waals surface area contributed by atoms with Gasteiger partial charge in [0.1, 0.15) is 12.1 Å². The van der Waals surface area contributed by atoms with E-state index in [-0.39, 0.29) is 34.8 Å². The van der Waals surface area contributed by atoms with Gasteiger partial charge in [-0.15, -0.1) is 0 Å². The second kappa shape index (κ2) is 8.77. The van der Waals surface area contributed by atoms with Gasteiger partial charge in [-0.3, -0.25) is 10.1 Å². The molecule has 168 valence electrons. The highest BCUT2D eigenvalue weighted by atomic mass is 19.1. The van der Waals surface area contributed by atoms with Gasteiger partial charge in [0.15, 0.2) is 5.82 Å². The zero-order valence-corrected chi connectivity index (χ0v) is 17.5. The molecule has 1 saturated heterocycles. The minimum absolute atomic E-state index is 0.0224. The van der Waals surface area contributed by atoms with Crippen molar-refractivity contribution >= 4 is 29.2 Å². The van der Waals surface area contributed by atoms with E-state index >= 15 is 0 Å². The fourth-order valence-corrected chi connectivity index (χ4v) is 3.34. The molecular weight excluding hydrogens is 429 g/mol. The van der Waals surface area contributed by atoms with Gasteiger partial charge in [-0.05, 0) is 37.5 Å². The summed E-state index contributed by atoms with van der Waals surface area (Å²) >= 11 is 0. The maximum absolute atomic E-state index is 13.9. The third-order valence-corrected chi connectivity index (χ3v) is 5.36. The zero-order chi connectivity index (χ0) is 22.8. The van der Waals surface area contributed by atoms with Gasteiger partial charge in [-0.25, -0.2) is 29.1 Å². The minimum atomic E-state index is -0.923. The van der Waals surface area contributed by atoms with Gasteiger partial charge in [-0.2, -0.15) is 0 Å². The van der Waals surface area contributed by atoms with E-state index in [1.54, 1.807) is 11.1 Å². The molecule has 3 heterocycles. The van der Waals surface area contributed by atoms with Crippen LogP contribution in [0.25, 0.3) is 0 Å². The second-order valence-electron chi connectivity index (χ2n) is 7.83. The summed E-state index contributed by atoms with van der Waals surface area (Å²) in [5, 5.41) is 5.44. The van der Waals surface area contributed by atoms with Crippen LogP contribution in [0.2, 0.25) is 0 Å². The highest BCUT2D eigenvalue weighted by Gasteiger charge is 2.28. The second-order valence-corrected chi connectivity index (χ2v) is 7.83. The molecule has 0 radical (unpaired) electrons. The normalized spacial score (nSPS) is 14.9. The van der Waals surface area contributed by atoms with Gasteiger partial charge in [0.2, 0.25) is 0 Å². The van der Waals surface area contributed by atoms with Crippen molar-refractivity contribution in [2.75, 3.05) is 23.7 Å². The van der Waals surface area contributed by atoms with E-state index in [2.05, 4.69) is 30.6 Å². The Morgan fingerprint density at radius 1 is 1.12 bits per heavy atom. The van der Waals surface area contributed by atoms with Crippen LogP contribution in [0.1, 0.15) is 41.2 Å². The molecule has 2 aliphatic rings. The van der Waals surface area contributed by atoms with Crippen molar-refractivity contribution in [1.82, 2.24) is 24.8 Å². The molecule has 33 heavy (non-hydrogen) atoms. The molecule has 10 nitrogen and oxygen atoms in total. The fourth-order valence-electron chi connectivity index (χ4n) is 3.34. The Balaban J connectivity index is 1.38. The lowest BCUT2D eigenvalue weighted by Gasteiger charge is -2.31. The fraction of sp³-hybridized carbons (Fsp3) is 0.273. The van der Waals surface area contributed by atoms with Crippen molar-refractivity contribution < 1.29 is 18.7 Å². The monoisotopic (exact) mass is 449 g/mol. The SMILES string of the molecule is O=C(Nc1cc(F)ccc1C(=O)N1CCC1)Oc1nc(C2CC2)cnc1Nc1cncnc1. The molecule has 1 saturated carbocycles. The first-order valence-corrected chi connectivity index (χ1v) is 10.5. The Labute approximate surface area is 188 Å². The lowest BCUT2D eigenvalue weighted by molar-refractivity contribution is 0.0653. The van der Waals surface area contributed by atoms with Crippen LogP contribution < -0.4 is 15.4 Å². The Hall–Kier alpha value is -4.15. The summed E-state index contributed by atoms with van der Waals surface area (Å²) in [4.78, 5) is 43.6. The number of hydrogen-bond acceptors (Lipinski definition) is 8. The number of nitrogens with one attached hydrogen (secondary N) is 2. The molecular formula is C22H20FN7O3. The number of rotatable bonds is 6. The predicted octanol–water partition coefficient (Wildman–Crippen LogP) is 3.48. The molecule has 2 amide bonds. The highest BCUT2D eigenvalue weighted by molar-refractivity contribution is 6.03. The predicted molar refractivity (Wildman–Crippen MR) is 116 cm³/mol. The average molecular weight is 449 g/mol. The van der Waals surface area contributed by atoms with E-state index in [0.717, 1.165) is 25.3 Å². The number of carbonyl (C=O) groups is 2. The lowest BCUT2D eigenvalue weighted by Crippen LogP contribution is -2.42. The third-order valence-electron chi connectivity index (χ3n) is 5.36. The van der Waals surface area contributed by atoms with Crippen molar-refractivity contribution in [3.8, 4) is 5.88 Å². The molecule has 2 aromatic heterocycles. The summed E-state index contributed by atoms with van der Waals surface area (Å²) in [6, 6.07) is 3.61. The number of hydrogen-bond donors (Lipinski definition) is 2. The van der Waals surface area contributed by atoms with Crippen molar-refractivity contribution in [1.29, 1.82) is 0 Å². The molecule has 0 bridgehead atoms. The van der Waals surface area contributed by atoms with Crippen LogP contribution >= 0.6 is 0 Å². The van der Waals surface area contributed by atoms with Crippen LogP contribution in [0.5, 0.6) is 5.88 Å². The van der Waals surface area contributed by atoms with E-state index in [4.69, 9.17) is 4.74 Å². The highest BCUT2D eigenvalue weighted by Crippen LogP contribution is 2.40. The molecule has 2 fully saturated rings. The number of halogens is 1. The summed E-state index contributed by atoms with van der Waals surface area (Å²) in [5.74, 6) is -0.444. The van der Waals surface area contributed by atoms with Crippen LogP contribution in [0.4, 0.5) is 26.4 Å². The number of nitrogens with zero attached hydrogens (tertiary/aromatic N) is 5. The van der Waals surface area contributed by atoms with Crippen LogP contribution in [-0.4, -0.2) is 49.9 Å². The molecule has 5 rings (SSSR count). The molecule has 3 aromatic rings. The molecule has 2 N–H and O–H groups in total. The number of carbonyl (C=O) groups excluding carboxylic acids is 2. The Bertz CT molecular complexity index is 1200. The average Bonchev–Trinajstić information content (AvgIpc) is 3.60. The standard InChI is InChI=1S/C22H20FN7O3/c23-14-4-5-16(21(31)30-6-1-7-30)17(8-14)29-22(32)33-20-19(27-15-9-24-12-25-10-15)26-11-18(28-20)13-2-3-13/h4-5,8-13H,1-3,6-7H2,(H,26,27)(H,29,32). The topological polar surface area (TPSA) is 122 Å². The van der Waals surface area contributed by atoms with Gasteiger partial charge < -0.3 is 15.0 Å². The molecule has 0 unspecified atom stereocenters.